The molecule has 0 radical (unpaired) electrons. The third-order valence-electron chi connectivity index (χ3n) is 2.41. The molecule has 0 bridgehead atoms. The van der Waals surface area contributed by atoms with Crippen LogP contribution in [0.5, 0.6) is 0 Å². The van der Waals surface area contributed by atoms with Gasteiger partial charge >= 0.3 is 5.97 Å². The molecule has 0 fully saturated rings. The number of amides is 1. The lowest BCUT2D eigenvalue weighted by Gasteiger charge is -2.14. The maximum Gasteiger partial charge on any atom is 0.303 e. The molecular formula is C12H12I3NO3. The van der Waals surface area contributed by atoms with E-state index in [2.05, 4.69) is 73.1 Å². The first kappa shape index (κ1) is 17.4. The molecule has 4 nitrogen and oxygen atoms in total. The Balaban J connectivity index is 2.76. The van der Waals surface area contributed by atoms with Crippen LogP contribution >= 0.6 is 67.8 Å². The van der Waals surface area contributed by atoms with Gasteiger partial charge in [-0.1, -0.05) is 0 Å². The number of rotatable bonds is 5. The standard InChI is InChI=1S/C12H12I3NO3/c1-6(2-3-10(17)18)16-12(19)8-4-7(13)5-9(14)11(8)15/h4-6H,2-3H2,1H3,(H,16,19)(H,17,18). The molecule has 1 aromatic rings. The molecule has 0 saturated heterocycles. The van der Waals surface area contributed by atoms with Gasteiger partial charge in [0.25, 0.3) is 5.91 Å². The van der Waals surface area contributed by atoms with Crippen molar-refractivity contribution in [2.75, 3.05) is 0 Å². The molecule has 0 spiro atoms. The van der Waals surface area contributed by atoms with Crippen LogP contribution in [-0.4, -0.2) is 23.0 Å². The van der Waals surface area contributed by atoms with E-state index in [9.17, 15) is 9.59 Å². The molecule has 0 saturated carbocycles. The Morgan fingerprint density at radius 3 is 2.53 bits per heavy atom. The molecule has 0 aliphatic heterocycles. The van der Waals surface area contributed by atoms with Crippen molar-refractivity contribution >= 4 is 79.6 Å². The highest BCUT2D eigenvalue weighted by Gasteiger charge is 2.16. The summed E-state index contributed by atoms with van der Waals surface area (Å²) in [5.41, 5.74) is 0.638. The van der Waals surface area contributed by atoms with E-state index >= 15 is 0 Å². The van der Waals surface area contributed by atoms with Gasteiger partial charge in [0.15, 0.2) is 0 Å². The molecule has 1 rings (SSSR count). The number of benzene rings is 1. The Morgan fingerprint density at radius 1 is 1.32 bits per heavy atom. The van der Waals surface area contributed by atoms with Crippen LogP contribution in [0.4, 0.5) is 0 Å². The quantitative estimate of drug-likeness (QED) is 0.403. The third kappa shape index (κ3) is 5.69. The summed E-state index contributed by atoms with van der Waals surface area (Å²) < 4.78 is 2.96. The highest BCUT2D eigenvalue weighted by atomic mass is 127. The normalized spacial score (nSPS) is 12.0. The smallest absolute Gasteiger partial charge is 0.303 e. The van der Waals surface area contributed by atoms with Crippen LogP contribution in [0.3, 0.4) is 0 Å². The summed E-state index contributed by atoms with van der Waals surface area (Å²) in [5.74, 6) is -1.00. The van der Waals surface area contributed by atoms with Gasteiger partial charge in [-0.2, -0.15) is 0 Å². The van der Waals surface area contributed by atoms with Crippen LogP contribution < -0.4 is 5.32 Å². The van der Waals surface area contributed by atoms with Crippen molar-refractivity contribution in [3.8, 4) is 0 Å². The van der Waals surface area contributed by atoms with Crippen LogP contribution in [-0.2, 0) is 4.79 Å². The first-order valence-electron chi connectivity index (χ1n) is 5.48. The Labute approximate surface area is 152 Å². The Bertz CT molecular complexity index is 505. The van der Waals surface area contributed by atoms with Gasteiger partial charge in [0.2, 0.25) is 0 Å². The molecule has 1 amide bonds. The first-order chi connectivity index (χ1) is 8.81. The van der Waals surface area contributed by atoms with Gasteiger partial charge in [-0.05, 0) is 93.2 Å². The predicted octanol–water partition coefficient (Wildman–Crippen LogP) is 3.48. The van der Waals surface area contributed by atoms with Crippen LogP contribution in [0.2, 0.25) is 0 Å². The number of hydrogen-bond acceptors (Lipinski definition) is 2. The minimum absolute atomic E-state index is 0.0579. The lowest BCUT2D eigenvalue weighted by Crippen LogP contribution is -2.33. The molecule has 7 heteroatoms. The van der Waals surface area contributed by atoms with Crippen molar-refractivity contribution < 1.29 is 14.7 Å². The van der Waals surface area contributed by atoms with Gasteiger partial charge in [0.1, 0.15) is 0 Å². The molecule has 0 aromatic heterocycles. The minimum atomic E-state index is -0.848. The van der Waals surface area contributed by atoms with Crippen molar-refractivity contribution in [1.82, 2.24) is 5.32 Å². The van der Waals surface area contributed by atoms with Crippen molar-refractivity contribution in [3.05, 3.63) is 28.4 Å². The van der Waals surface area contributed by atoms with Crippen LogP contribution in [0.1, 0.15) is 30.1 Å². The summed E-state index contributed by atoms with van der Waals surface area (Å²) in [5, 5.41) is 11.4. The van der Waals surface area contributed by atoms with Gasteiger partial charge < -0.3 is 10.4 Å². The van der Waals surface area contributed by atoms with Gasteiger partial charge in [0.05, 0.1) is 5.56 Å². The molecular weight excluding hydrogens is 587 g/mol. The average Bonchev–Trinajstić information content (AvgIpc) is 2.31. The van der Waals surface area contributed by atoms with Crippen LogP contribution in [0, 0.1) is 10.7 Å². The number of halogens is 3. The number of hydrogen-bond donors (Lipinski definition) is 2. The van der Waals surface area contributed by atoms with Gasteiger partial charge in [-0.15, -0.1) is 0 Å². The fourth-order valence-corrected chi connectivity index (χ4v) is 3.84. The van der Waals surface area contributed by atoms with Gasteiger partial charge in [-0.3, -0.25) is 9.59 Å². The SMILES string of the molecule is CC(CCC(=O)O)NC(=O)c1cc(I)cc(I)c1I. The van der Waals surface area contributed by atoms with E-state index in [1.807, 2.05) is 19.1 Å². The fourth-order valence-electron chi connectivity index (χ4n) is 1.43. The van der Waals surface area contributed by atoms with Crippen LogP contribution in [0.15, 0.2) is 12.1 Å². The molecule has 104 valence electrons. The molecule has 19 heavy (non-hydrogen) atoms. The number of carbonyl (C=O) groups is 2. The van der Waals surface area contributed by atoms with Gasteiger partial charge in [0, 0.05) is 23.2 Å². The molecule has 0 heterocycles. The highest BCUT2D eigenvalue weighted by Crippen LogP contribution is 2.23. The van der Waals surface area contributed by atoms with Crippen molar-refractivity contribution in [1.29, 1.82) is 0 Å². The number of carboxylic acid groups (broad SMARTS) is 1. The largest absolute Gasteiger partial charge is 0.481 e. The zero-order valence-corrected chi connectivity index (χ0v) is 16.5. The number of aliphatic carboxylic acids is 1. The lowest BCUT2D eigenvalue weighted by molar-refractivity contribution is -0.137. The zero-order chi connectivity index (χ0) is 14.6. The molecule has 0 aliphatic rings. The van der Waals surface area contributed by atoms with E-state index in [1.54, 1.807) is 0 Å². The minimum Gasteiger partial charge on any atom is -0.481 e. The van der Waals surface area contributed by atoms with E-state index < -0.39 is 5.97 Å². The summed E-state index contributed by atoms with van der Waals surface area (Å²) in [7, 11) is 0. The van der Waals surface area contributed by atoms with E-state index in [0.29, 0.717) is 12.0 Å². The lowest BCUT2D eigenvalue weighted by atomic mass is 10.1. The topological polar surface area (TPSA) is 66.4 Å². The molecule has 1 atom stereocenters. The Kier molecular flexibility index (Phi) is 7.29. The summed E-state index contributed by atoms with van der Waals surface area (Å²) in [6.07, 6.45) is 0.487. The summed E-state index contributed by atoms with van der Waals surface area (Å²) in [6.45, 7) is 1.81. The maximum atomic E-state index is 12.2. The second kappa shape index (κ2) is 7.96. The Hall–Kier alpha value is 0.350. The van der Waals surface area contributed by atoms with Crippen molar-refractivity contribution in [2.24, 2.45) is 0 Å². The van der Waals surface area contributed by atoms with E-state index in [1.165, 1.54) is 0 Å². The number of carboxylic acids is 1. The van der Waals surface area contributed by atoms with E-state index in [-0.39, 0.29) is 18.4 Å². The van der Waals surface area contributed by atoms with E-state index in [0.717, 1.165) is 10.7 Å². The fraction of sp³-hybridized carbons (Fsp3) is 0.333. The summed E-state index contributed by atoms with van der Waals surface area (Å²) >= 11 is 6.52. The van der Waals surface area contributed by atoms with Crippen molar-refractivity contribution in [3.63, 3.8) is 0 Å². The average molecular weight is 599 g/mol. The number of carbonyl (C=O) groups excluding carboxylic acids is 1. The summed E-state index contributed by atoms with van der Waals surface area (Å²) in [6, 6.07) is 3.69. The third-order valence-corrected chi connectivity index (χ3v) is 6.07. The molecule has 1 aromatic carbocycles. The monoisotopic (exact) mass is 599 g/mol. The second-order valence-electron chi connectivity index (χ2n) is 4.06. The molecule has 2 N–H and O–H groups in total. The maximum absolute atomic E-state index is 12.2. The zero-order valence-electron chi connectivity index (χ0n) is 10.0. The second-order valence-corrected chi connectivity index (χ2v) is 7.54. The highest BCUT2D eigenvalue weighted by molar-refractivity contribution is 14.1. The van der Waals surface area contributed by atoms with Gasteiger partial charge in [-0.25, -0.2) is 0 Å². The predicted molar refractivity (Wildman–Crippen MR) is 98.4 cm³/mol. The summed E-state index contributed by atoms with van der Waals surface area (Å²) in [4.78, 5) is 22.6. The Morgan fingerprint density at radius 2 is 1.95 bits per heavy atom. The molecule has 0 aliphatic carbocycles. The number of nitrogens with one attached hydrogen (secondary N) is 1. The molecule has 1 unspecified atom stereocenters. The first-order valence-corrected chi connectivity index (χ1v) is 8.72. The van der Waals surface area contributed by atoms with Crippen molar-refractivity contribution in [2.45, 2.75) is 25.8 Å². The van der Waals surface area contributed by atoms with E-state index in [4.69, 9.17) is 5.11 Å². The van der Waals surface area contributed by atoms with Crippen LogP contribution in [0.25, 0.3) is 0 Å².